The molecule has 3 aromatic carbocycles. The van der Waals surface area contributed by atoms with Crippen LogP contribution in [0.25, 0.3) is 11.1 Å². The average Bonchev–Trinajstić information content (AvgIpc) is 2.84. The van der Waals surface area contributed by atoms with E-state index in [-0.39, 0.29) is 0 Å². The molecule has 0 aliphatic rings. The van der Waals surface area contributed by atoms with Crippen LogP contribution in [0.15, 0.2) is 79.1 Å². The van der Waals surface area contributed by atoms with Crippen molar-refractivity contribution in [1.29, 1.82) is 0 Å². The number of ether oxygens (including phenoxy) is 1. The van der Waals surface area contributed by atoms with E-state index < -0.39 is 0 Å². The molecule has 0 aliphatic carbocycles. The van der Waals surface area contributed by atoms with Crippen LogP contribution in [0.5, 0.6) is 5.75 Å². The fourth-order valence-electron chi connectivity index (χ4n) is 4.00. The molecule has 0 radical (unpaired) electrons. The smallest absolute Gasteiger partial charge is 0.123 e. The van der Waals surface area contributed by atoms with Gasteiger partial charge in [-0.3, -0.25) is 4.98 Å². The number of rotatable bonds is 7. The van der Waals surface area contributed by atoms with Crippen molar-refractivity contribution in [3.63, 3.8) is 0 Å². The number of hydrogen-bond donors (Lipinski definition) is 0. The molecule has 164 valence electrons. The molecule has 1 aromatic heterocycles. The van der Waals surface area contributed by atoms with Crippen LogP contribution in [0.2, 0.25) is 5.02 Å². The molecular weight excluding hydrogens is 426 g/mol. The molecule has 0 saturated carbocycles. The lowest BCUT2D eigenvalue weighted by molar-refractivity contribution is 0.303. The number of nitrogens with zero attached hydrogens (tertiary/aromatic N) is 1. The Morgan fingerprint density at radius 2 is 1.70 bits per heavy atom. The van der Waals surface area contributed by atoms with E-state index in [0.717, 1.165) is 45.9 Å². The first-order chi connectivity index (χ1) is 16.0. The summed E-state index contributed by atoms with van der Waals surface area (Å²) in [5.74, 6) is 3.44. The van der Waals surface area contributed by atoms with Gasteiger partial charge in [0, 0.05) is 28.5 Å². The zero-order valence-corrected chi connectivity index (χ0v) is 19.7. The normalized spacial score (nSPS) is 10.6. The van der Waals surface area contributed by atoms with E-state index in [0.29, 0.717) is 6.61 Å². The minimum absolute atomic E-state index is 0.405. The van der Waals surface area contributed by atoms with Gasteiger partial charge in [0.2, 0.25) is 0 Å². The first-order valence-electron chi connectivity index (χ1n) is 11.0. The van der Waals surface area contributed by atoms with Crippen molar-refractivity contribution in [2.75, 3.05) is 0 Å². The summed E-state index contributed by atoms with van der Waals surface area (Å²) in [5, 5.41) is 0.771. The molecule has 0 atom stereocenters. The van der Waals surface area contributed by atoms with Gasteiger partial charge in [-0.05, 0) is 78.3 Å². The monoisotopic (exact) mass is 451 g/mol. The Kier molecular flexibility index (Phi) is 7.13. The molecule has 1 heterocycles. The van der Waals surface area contributed by atoms with Gasteiger partial charge in [0.15, 0.2) is 0 Å². The molecule has 0 fully saturated rings. The van der Waals surface area contributed by atoms with Gasteiger partial charge in [-0.2, -0.15) is 0 Å². The average molecular weight is 452 g/mol. The van der Waals surface area contributed by atoms with E-state index in [1.54, 1.807) is 12.4 Å². The van der Waals surface area contributed by atoms with Crippen LogP contribution in [-0.2, 0) is 19.4 Å². The standard InChI is InChI=1S/C30H26ClNO/c1-4-23-16-24(19-32-18-23)20-33-30-17-27(29(31)15-21(30)2)14-13-25-11-8-12-28(22(25)3)26-9-6-5-7-10-26/h1,5-12,15-19H,13-14,20H2,2-3H3. The van der Waals surface area contributed by atoms with E-state index >= 15 is 0 Å². The van der Waals surface area contributed by atoms with Crippen LogP contribution in [0, 0.1) is 26.2 Å². The number of benzene rings is 3. The van der Waals surface area contributed by atoms with Gasteiger partial charge in [0.1, 0.15) is 12.4 Å². The van der Waals surface area contributed by atoms with E-state index in [4.69, 9.17) is 22.8 Å². The summed E-state index contributed by atoms with van der Waals surface area (Å²) in [6, 6.07) is 23.0. The molecule has 33 heavy (non-hydrogen) atoms. The lowest BCUT2D eigenvalue weighted by Gasteiger charge is -2.15. The van der Waals surface area contributed by atoms with Gasteiger partial charge in [-0.15, -0.1) is 6.42 Å². The van der Waals surface area contributed by atoms with Crippen LogP contribution in [-0.4, -0.2) is 4.98 Å². The summed E-state index contributed by atoms with van der Waals surface area (Å²) in [6.07, 6.45) is 10.7. The number of pyridine rings is 1. The van der Waals surface area contributed by atoms with Crippen molar-refractivity contribution in [2.45, 2.75) is 33.3 Å². The van der Waals surface area contributed by atoms with Crippen LogP contribution in [0.4, 0.5) is 0 Å². The highest BCUT2D eigenvalue weighted by Crippen LogP contribution is 2.30. The number of aryl methyl sites for hydroxylation is 3. The van der Waals surface area contributed by atoms with Crippen molar-refractivity contribution < 1.29 is 4.74 Å². The van der Waals surface area contributed by atoms with Crippen molar-refractivity contribution in [3.05, 3.63) is 118 Å². The van der Waals surface area contributed by atoms with Crippen LogP contribution in [0.1, 0.15) is 33.4 Å². The van der Waals surface area contributed by atoms with Crippen molar-refractivity contribution >= 4 is 11.6 Å². The zero-order valence-electron chi connectivity index (χ0n) is 18.9. The van der Waals surface area contributed by atoms with Gasteiger partial charge in [0.05, 0.1) is 0 Å². The fraction of sp³-hybridized carbons (Fsp3) is 0.167. The Bertz CT molecular complexity index is 1300. The third-order valence-corrected chi connectivity index (χ3v) is 6.25. The SMILES string of the molecule is C#Cc1cncc(COc2cc(CCc3cccc(-c4ccccc4)c3C)c(Cl)cc2C)c1. The molecule has 0 saturated heterocycles. The first-order valence-corrected chi connectivity index (χ1v) is 11.4. The van der Waals surface area contributed by atoms with Crippen molar-refractivity contribution in [3.8, 4) is 29.2 Å². The molecule has 0 aliphatic heterocycles. The molecular formula is C30H26ClNO. The molecule has 0 spiro atoms. The summed E-state index contributed by atoms with van der Waals surface area (Å²) < 4.78 is 6.10. The maximum atomic E-state index is 6.60. The second kappa shape index (κ2) is 10.4. The molecule has 3 heteroatoms. The highest BCUT2D eigenvalue weighted by Gasteiger charge is 2.11. The lowest BCUT2D eigenvalue weighted by atomic mass is 9.93. The summed E-state index contributed by atoms with van der Waals surface area (Å²) in [4.78, 5) is 4.18. The maximum Gasteiger partial charge on any atom is 0.123 e. The number of halogens is 1. The third kappa shape index (κ3) is 5.45. The Balaban J connectivity index is 1.50. The highest BCUT2D eigenvalue weighted by molar-refractivity contribution is 6.31. The second-order valence-electron chi connectivity index (χ2n) is 8.18. The zero-order chi connectivity index (χ0) is 23.2. The molecule has 0 amide bonds. The predicted octanol–water partition coefficient (Wildman–Crippen LogP) is 7.36. The summed E-state index contributed by atoms with van der Waals surface area (Å²) in [6.45, 7) is 4.61. The number of aromatic nitrogens is 1. The highest BCUT2D eigenvalue weighted by atomic mass is 35.5. The first kappa shape index (κ1) is 22.6. The van der Waals surface area contributed by atoms with E-state index in [1.165, 1.54) is 22.3 Å². The van der Waals surface area contributed by atoms with E-state index in [2.05, 4.69) is 66.4 Å². The molecule has 4 aromatic rings. The van der Waals surface area contributed by atoms with Crippen molar-refractivity contribution in [2.24, 2.45) is 0 Å². The molecule has 0 unspecified atom stereocenters. The van der Waals surface area contributed by atoms with Gasteiger partial charge in [-0.1, -0.05) is 66.1 Å². The van der Waals surface area contributed by atoms with E-state index in [9.17, 15) is 0 Å². The molecule has 0 N–H and O–H groups in total. The number of terminal acetylenes is 1. The predicted molar refractivity (Wildman–Crippen MR) is 137 cm³/mol. The Morgan fingerprint density at radius 3 is 2.48 bits per heavy atom. The van der Waals surface area contributed by atoms with Gasteiger partial charge < -0.3 is 4.74 Å². The second-order valence-corrected chi connectivity index (χ2v) is 8.59. The minimum Gasteiger partial charge on any atom is -0.489 e. The molecule has 4 rings (SSSR count). The minimum atomic E-state index is 0.405. The fourth-order valence-corrected chi connectivity index (χ4v) is 4.32. The van der Waals surface area contributed by atoms with E-state index in [1.807, 2.05) is 25.1 Å². The maximum absolute atomic E-state index is 6.60. The van der Waals surface area contributed by atoms with Gasteiger partial charge in [0.25, 0.3) is 0 Å². The lowest BCUT2D eigenvalue weighted by Crippen LogP contribution is -2.01. The summed E-state index contributed by atoms with van der Waals surface area (Å²) >= 11 is 6.60. The topological polar surface area (TPSA) is 22.1 Å². The number of hydrogen-bond acceptors (Lipinski definition) is 2. The van der Waals surface area contributed by atoms with Crippen molar-refractivity contribution in [1.82, 2.24) is 4.98 Å². The van der Waals surface area contributed by atoms with Crippen LogP contribution >= 0.6 is 11.6 Å². The largest absolute Gasteiger partial charge is 0.489 e. The Labute approximate surface area is 201 Å². The Morgan fingerprint density at radius 1 is 0.909 bits per heavy atom. The summed E-state index contributed by atoms with van der Waals surface area (Å²) in [7, 11) is 0. The third-order valence-electron chi connectivity index (χ3n) is 5.89. The summed E-state index contributed by atoms with van der Waals surface area (Å²) in [5.41, 5.74) is 8.92. The quantitative estimate of drug-likeness (QED) is 0.274. The van der Waals surface area contributed by atoms with Gasteiger partial charge in [-0.25, -0.2) is 0 Å². The van der Waals surface area contributed by atoms with Gasteiger partial charge >= 0.3 is 0 Å². The van der Waals surface area contributed by atoms with Crippen LogP contribution in [0.3, 0.4) is 0 Å². The Hall–Kier alpha value is -3.54. The van der Waals surface area contributed by atoms with Crippen LogP contribution < -0.4 is 4.74 Å². The molecule has 0 bridgehead atoms. The molecule has 2 nitrogen and oxygen atoms in total.